The van der Waals surface area contributed by atoms with Gasteiger partial charge in [-0.2, -0.15) is 0 Å². The molecule has 2 saturated heterocycles. The molecule has 1 atom stereocenters. The molecule has 1 amide bonds. The van der Waals surface area contributed by atoms with Crippen LogP contribution in [0.4, 0.5) is 4.39 Å². The first-order valence-corrected chi connectivity index (χ1v) is 9.77. The van der Waals surface area contributed by atoms with E-state index in [1.54, 1.807) is 12.1 Å². The van der Waals surface area contributed by atoms with Crippen molar-refractivity contribution >= 4 is 5.91 Å². The molecule has 144 valence electrons. The normalized spacial score (nSPS) is 21.5. The van der Waals surface area contributed by atoms with Gasteiger partial charge in [-0.15, -0.1) is 0 Å². The van der Waals surface area contributed by atoms with E-state index < -0.39 is 0 Å². The maximum atomic E-state index is 12.9. The van der Waals surface area contributed by atoms with E-state index in [4.69, 9.17) is 4.74 Å². The van der Waals surface area contributed by atoms with Crippen LogP contribution in [0.25, 0.3) is 0 Å². The van der Waals surface area contributed by atoms with Gasteiger partial charge in [0, 0.05) is 45.2 Å². The van der Waals surface area contributed by atoms with Crippen LogP contribution in [0.3, 0.4) is 0 Å². The minimum absolute atomic E-state index is 0.203. The molecule has 0 aromatic heterocycles. The van der Waals surface area contributed by atoms with Crippen molar-refractivity contribution in [1.82, 2.24) is 15.1 Å². The van der Waals surface area contributed by atoms with E-state index in [2.05, 4.69) is 15.1 Å². The van der Waals surface area contributed by atoms with E-state index in [0.29, 0.717) is 18.4 Å². The molecule has 2 aliphatic heterocycles. The fourth-order valence-corrected chi connectivity index (χ4v) is 3.79. The summed E-state index contributed by atoms with van der Waals surface area (Å²) >= 11 is 0. The molecule has 0 spiro atoms. The number of benzene rings is 1. The third-order valence-electron chi connectivity index (χ3n) is 5.33. The molecule has 6 heteroatoms. The number of carbonyl (C=O) groups excluding carboxylic acids is 1. The van der Waals surface area contributed by atoms with Gasteiger partial charge in [-0.05, 0) is 43.5 Å². The van der Waals surface area contributed by atoms with E-state index in [1.807, 2.05) is 0 Å². The smallest absolute Gasteiger partial charge is 0.222 e. The quantitative estimate of drug-likeness (QED) is 0.682. The van der Waals surface area contributed by atoms with Crippen molar-refractivity contribution in [3.05, 3.63) is 35.6 Å². The third-order valence-corrected chi connectivity index (χ3v) is 5.33. The van der Waals surface area contributed by atoms with Crippen molar-refractivity contribution in [3.63, 3.8) is 0 Å². The zero-order valence-corrected chi connectivity index (χ0v) is 15.5. The predicted molar refractivity (Wildman–Crippen MR) is 99.3 cm³/mol. The second kappa shape index (κ2) is 10.00. The Balaban J connectivity index is 1.34. The first kappa shape index (κ1) is 19.3. The summed E-state index contributed by atoms with van der Waals surface area (Å²) in [6.45, 7) is 7.17. The summed E-state index contributed by atoms with van der Waals surface area (Å²) < 4.78 is 18.3. The Kier molecular flexibility index (Phi) is 7.41. The van der Waals surface area contributed by atoms with Gasteiger partial charge in [-0.1, -0.05) is 12.1 Å². The lowest BCUT2D eigenvalue weighted by atomic mass is 10.1. The summed E-state index contributed by atoms with van der Waals surface area (Å²) in [6, 6.07) is 6.94. The van der Waals surface area contributed by atoms with Crippen molar-refractivity contribution in [1.29, 1.82) is 0 Å². The largest absolute Gasteiger partial charge is 0.379 e. The summed E-state index contributed by atoms with van der Waals surface area (Å²) in [5.74, 6) is 0.0986. The molecule has 5 nitrogen and oxygen atoms in total. The molecule has 0 unspecified atom stereocenters. The summed E-state index contributed by atoms with van der Waals surface area (Å²) in [5.41, 5.74) is 1.08. The monoisotopic (exact) mass is 363 g/mol. The van der Waals surface area contributed by atoms with Crippen molar-refractivity contribution in [2.24, 2.45) is 0 Å². The SMILES string of the molecule is O=C1CC[C@H](CCNCc2ccc(F)cc2)N1CCCN1CCOCC1. The fourth-order valence-electron chi connectivity index (χ4n) is 3.79. The number of morpholine rings is 1. The highest BCUT2D eigenvalue weighted by Gasteiger charge is 2.29. The third kappa shape index (κ3) is 5.76. The van der Waals surface area contributed by atoms with E-state index in [1.165, 1.54) is 12.1 Å². The maximum absolute atomic E-state index is 12.9. The number of hydrogen-bond acceptors (Lipinski definition) is 4. The molecule has 3 rings (SSSR count). The fraction of sp³-hybridized carbons (Fsp3) is 0.650. The molecule has 1 N–H and O–H groups in total. The van der Waals surface area contributed by atoms with Gasteiger partial charge in [0.2, 0.25) is 5.91 Å². The number of likely N-dealkylation sites (tertiary alicyclic amines) is 1. The summed E-state index contributed by atoms with van der Waals surface area (Å²) in [4.78, 5) is 16.7. The lowest BCUT2D eigenvalue weighted by Crippen LogP contribution is -2.40. The molecular formula is C20H30FN3O2. The minimum Gasteiger partial charge on any atom is -0.379 e. The first-order chi connectivity index (χ1) is 12.7. The number of ether oxygens (including phenoxy) is 1. The Morgan fingerprint density at radius 3 is 2.69 bits per heavy atom. The standard InChI is InChI=1S/C20H30FN3O2/c21-18-4-2-17(3-5-18)16-22-9-8-19-6-7-20(25)24(19)11-1-10-23-12-14-26-15-13-23/h2-5,19,22H,1,6-16H2/t19-/m1/s1. The molecule has 1 aromatic carbocycles. The summed E-state index contributed by atoms with van der Waals surface area (Å²) in [5, 5.41) is 3.41. The van der Waals surface area contributed by atoms with Crippen LogP contribution < -0.4 is 5.32 Å². The molecule has 2 aliphatic rings. The molecule has 2 fully saturated rings. The average molecular weight is 363 g/mol. The Bertz CT molecular complexity index is 561. The van der Waals surface area contributed by atoms with Crippen molar-refractivity contribution in [2.45, 2.75) is 38.3 Å². The topological polar surface area (TPSA) is 44.8 Å². The van der Waals surface area contributed by atoms with Crippen LogP contribution in [-0.4, -0.2) is 67.7 Å². The van der Waals surface area contributed by atoms with E-state index in [0.717, 1.165) is 77.3 Å². The van der Waals surface area contributed by atoms with Crippen LogP contribution >= 0.6 is 0 Å². The Hall–Kier alpha value is -1.50. The van der Waals surface area contributed by atoms with Gasteiger partial charge in [0.15, 0.2) is 0 Å². The zero-order valence-electron chi connectivity index (χ0n) is 15.5. The van der Waals surface area contributed by atoms with Gasteiger partial charge >= 0.3 is 0 Å². The number of nitrogens with one attached hydrogen (secondary N) is 1. The van der Waals surface area contributed by atoms with Crippen LogP contribution in [-0.2, 0) is 16.1 Å². The molecule has 0 bridgehead atoms. The Labute approximate surface area is 155 Å². The second-order valence-corrected chi connectivity index (χ2v) is 7.18. The Morgan fingerprint density at radius 2 is 1.92 bits per heavy atom. The van der Waals surface area contributed by atoms with Crippen LogP contribution in [0.15, 0.2) is 24.3 Å². The summed E-state index contributed by atoms with van der Waals surface area (Å²) in [7, 11) is 0. The highest BCUT2D eigenvalue weighted by atomic mass is 19.1. The highest BCUT2D eigenvalue weighted by molar-refractivity contribution is 5.78. The van der Waals surface area contributed by atoms with Gasteiger partial charge in [0.05, 0.1) is 13.2 Å². The second-order valence-electron chi connectivity index (χ2n) is 7.18. The van der Waals surface area contributed by atoms with Gasteiger partial charge in [-0.25, -0.2) is 4.39 Å². The summed E-state index contributed by atoms with van der Waals surface area (Å²) in [6.07, 6.45) is 3.66. The maximum Gasteiger partial charge on any atom is 0.222 e. The van der Waals surface area contributed by atoms with Gasteiger partial charge in [-0.3, -0.25) is 9.69 Å². The van der Waals surface area contributed by atoms with Crippen LogP contribution in [0.1, 0.15) is 31.2 Å². The highest BCUT2D eigenvalue weighted by Crippen LogP contribution is 2.21. The van der Waals surface area contributed by atoms with Crippen molar-refractivity contribution in [3.8, 4) is 0 Å². The van der Waals surface area contributed by atoms with Crippen LogP contribution in [0, 0.1) is 5.82 Å². The van der Waals surface area contributed by atoms with Crippen LogP contribution in [0.5, 0.6) is 0 Å². The number of nitrogens with zero attached hydrogens (tertiary/aromatic N) is 2. The minimum atomic E-state index is -0.203. The van der Waals surface area contributed by atoms with Gasteiger partial charge in [0.25, 0.3) is 0 Å². The molecule has 2 heterocycles. The van der Waals surface area contributed by atoms with E-state index >= 15 is 0 Å². The number of rotatable bonds is 9. The molecule has 1 aromatic rings. The molecule has 0 saturated carbocycles. The molecule has 26 heavy (non-hydrogen) atoms. The van der Waals surface area contributed by atoms with Gasteiger partial charge in [0.1, 0.15) is 5.82 Å². The van der Waals surface area contributed by atoms with E-state index in [-0.39, 0.29) is 5.82 Å². The number of amides is 1. The van der Waals surface area contributed by atoms with Crippen molar-refractivity contribution in [2.75, 3.05) is 45.9 Å². The van der Waals surface area contributed by atoms with Crippen molar-refractivity contribution < 1.29 is 13.9 Å². The molecule has 0 radical (unpaired) electrons. The van der Waals surface area contributed by atoms with Gasteiger partial charge < -0.3 is 15.0 Å². The number of carbonyl (C=O) groups is 1. The molecule has 0 aliphatic carbocycles. The number of halogens is 1. The lowest BCUT2D eigenvalue weighted by molar-refractivity contribution is -0.129. The molecular weight excluding hydrogens is 333 g/mol. The van der Waals surface area contributed by atoms with E-state index in [9.17, 15) is 9.18 Å². The Morgan fingerprint density at radius 1 is 1.15 bits per heavy atom. The lowest BCUT2D eigenvalue weighted by Gasteiger charge is -2.29. The average Bonchev–Trinajstić information content (AvgIpc) is 3.01. The van der Waals surface area contributed by atoms with Crippen LogP contribution in [0.2, 0.25) is 0 Å². The zero-order chi connectivity index (χ0) is 18.2. The number of hydrogen-bond donors (Lipinski definition) is 1. The first-order valence-electron chi connectivity index (χ1n) is 9.77. The predicted octanol–water partition coefficient (Wildman–Crippen LogP) is 2.02.